The third-order valence-corrected chi connectivity index (χ3v) is 6.16. The molecular formula is C18H21NO4S2. The average Bonchev–Trinajstić information content (AvgIpc) is 2.52. The summed E-state index contributed by atoms with van der Waals surface area (Å²) in [6, 6.07) is 10.4. The lowest BCUT2D eigenvalue weighted by Gasteiger charge is -2.14. The molecule has 0 amide bonds. The molecule has 2 aromatic rings. The zero-order chi connectivity index (χ0) is 18.6. The number of nitrogens with one attached hydrogen (secondary N) is 1. The number of hydrogen-bond acceptors (Lipinski definition) is 4. The Morgan fingerprint density at radius 2 is 1.80 bits per heavy atom. The molecule has 0 aliphatic rings. The normalized spacial score (nSPS) is 11.3. The summed E-state index contributed by atoms with van der Waals surface area (Å²) < 4.78 is 28.0. The smallest absolute Gasteiger partial charge is 0.304 e. The van der Waals surface area contributed by atoms with E-state index in [0.717, 1.165) is 16.7 Å². The van der Waals surface area contributed by atoms with Crippen LogP contribution in [0.3, 0.4) is 0 Å². The predicted molar refractivity (Wildman–Crippen MR) is 101 cm³/mol. The molecule has 2 rings (SSSR count). The molecule has 2 N–H and O–H groups in total. The average molecular weight is 380 g/mol. The van der Waals surface area contributed by atoms with Crippen LogP contribution in [0.4, 0.5) is 5.69 Å². The molecule has 0 bridgehead atoms. The first-order valence-electron chi connectivity index (χ1n) is 7.74. The number of anilines is 1. The summed E-state index contributed by atoms with van der Waals surface area (Å²) in [5.74, 6) is -0.505. The molecule has 0 unspecified atom stereocenters. The van der Waals surface area contributed by atoms with Crippen LogP contribution in [0.1, 0.15) is 23.1 Å². The van der Waals surface area contributed by atoms with E-state index in [0.29, 0.717) is 16.3 Å². The van der Waals surface area contributed by atoms with E-state index in [1.807, 2.05) is 32.9 Å². The second kappa shape index (κ2) is 7.93. The van der Waals surface area contributed by atoms with Crippen molar-refractivity contribution >= 4 is 33.4 Å². The molecule has 0 saturated carbocycles. The van der Waals surface area contributed by atoms with Crippen molar-refractivity contribution in [3.8, 4) is 0 Å². The Hall–Kier alpha value is -1.99. The molecule has 0 saturated heterocycles. The summed E-state index contributed by atoms with van der Waals surface area (Å²) in [7, 11) is -3.71. The molecule has 0 spiro atoms. The van der Waals surface area contributed by atoms with E-state index < -0.39 is 16.0 Å². The zero-order valence-electron chi connectivity index (χ0n) is 14.4. The number of carboxylic acid groups (broad SMARTS) is 1. The van der Waals surface area contributed by atoms with Crippen LogP contribution in [0.25, 0.3) is 0 Å². The van der Waals surface area contributed by atoms with E-state index in [1.165, 1.54) is 11.8 Å². The molecular weight excluding hydrogens is 358 g/mol. The Bertz CT molecular complexity index is 892. The second-order valence-electron chi connectivity index (χ2n) is 5.84. The molecule has 0 aliphatic carbocycles. The van der Waals surface area contributed by atoms with Gasteiger partial charge in [-0.2, -0.15) is 0 Å². The van der Waals surface area contributed by atoms with Crippen LogP contribution in [-0.2, 0) is 14.8 Å². The van der Waals surface area contributed by atoms with Gasteiger partial charge in [0.1, 0.15) is 0 Å². The molecule has 25 heavy (non-hydrogen) atoms. The summed E-state index contributed by atoms with van der Waals surface area (Å²) in [6.45, 7) is 5.70. The maximum atomic E-state index is 12.7. The highest BCUT2D eigenvalue weighted by molar-refractivity contribution is 7.99. The maximum absolute atomic E-state index is 12.7. The van der Waals surface area contributed by atoms with E-state index in [9.17, 15) is 13.2 Å². The van der Waals surface area contributed by atoms with Crippen molar-refractivity contribution in [3.63, 3.8) is 0 Å². The van der Waals surface area contributed by atoms with Crippen molar-refractivity contribution in [2.24, 2.45) is 0 Å². The summed E-state index contributed by atoms with van der Waals surface area (Å²) >= 11 is 1.32. The van der Waals surface area contributed by atoms with Gasteiger partial charge in [-0.1, -0.05) is 12.1 Å². The molecule has 0 fully saturated rings. The molecule has 0 radical (unpaired) electrons. The molecule has 0 aliphatic heterocycles. The second-order valence-corrected chi connectivity index (χ2v) is 8.66. The van der Waals surface area contributed by atoms with Crippen LogP contribution in [0, 0.1) is 20.8 Å². The van der Waals surface area contributed by atoms with E-state index in [2.05, 4.69) is 4.72 Å². The van der Waals surface area contributed by atoms with Gasteiger partial charge in [0.15, 0.2) is 0 Å². The fraction of sp³-hybridized carbons (Fsp3) is 0.278. The van der Waals surface area contributed by atoms with Crippen LogP contribution in [0.2, 0.25) is 0 Å². The third kappa shape index (κ3) is 5.24. The van der Waals surface area contributed by atoms with Crippen LogP contribution < -0.4 is 4.72 Å². The number of benzene rings is 2. The number of carbonyl (C=O) groups is 1. The lowest BCUT2D eigenvalue weighted by Crippen LogP contribution is -2.14. The maximum Gasteiger partial charge on any atom is 0.304 e. The fourth-order valence-corrected chi connectivity index (χ4v) is 4.44. The van der Waals surface area contributed by atoms with E-state index in [1.54, 1.807) is 24.3 Å². The Morgan fingerprint density at radius 3 is 2.44 bits per heavy atom. The van der Waals surface area contributed by atoms with Gasteiger partial charge in [-0.3, -0.25) is 9.52 Å². The first-order chi connectivity index (χ1) is 11.7. The Labute approximate surface area is 152 Å². The molecule has 7 heteroatoms. The van der Waals surface area contributed by atoms with Gasteiger partial charge in [0.05, 0.1) is 17.0 Å². The summed E-state index contributed by atoms with van der Waals surface area (Å²) in [6.07, 6.45) is 0.0158. The number of carboxylic acids is 1. The molecule has 0 aromatic heterocycles. The Balaban J connectivity index is 2.28. The van der Waals surface area contributed by atoms with Crippen LogP contribution >= 0.6 is 11.8 Å². The quantitative estimate of drug-likeness (QED) is 0.711. The minimum atomic E-state index is -3.71. The van der Waals surface area contributed by atoms with Gasteiger partial charge in [-0.15, -0.1) is 11.8 Å². The molecule has 0 heterocycles. The highest BCUT2D eigenvalue weighted by Crippen LogP contribution is 2.31. The molecule has 2 aromatic carbocycles. The van der Waals surface area contributed by atoms with E-state index in [4.69, 9.17) is 5.11 Å². The van der Waals surface area contributed by atoms with Gasteiger partial charge in [-0.05, 0) is 61.7 Å². The topological polar surface area (TPSA) is 83.5 Å². The van der Waals surface area contributed by atoms with Crippen LogP contribution in [0.15, 0.2) is 46.2 Å². The number of thioether (sulfide) groups is 1. The number of aliphatic carboxylic acids is 1. The summed E-state index contributed by atoms with van der Waals surface area (Å²) in [4.78, 5) is 11.6. The van der Waals surface area contributed by atoms with Gasteiger partial charge in [0, 0.05) is 10.6 Å². The van der Waals surface area contributed by atoms with Crippen LogP contribution in [0.5, 0.6) is 0 Å². The zero-order valence-corrected chi connectivity index (χ0v) is 16.0. The predicted octanol–water partition coefficient (Wildman–Crippen LogP) is 3.98. The lowest BCUT2D eigenvalue weighted by molar-refractivity contribution is -0.136. The summed E-state index contributed by atoms with van der Waals surface area (Å²) in [5, 5.41) is 8.77. The largest absolute Gasteiger partial charge is 0.481 e. The molecule has 5 nitrogen and oxygen atoms in total. The Morgan fingerprint density at radius 1 is 1.08 bits per heavy atom. The van der Waals surface area contributed by atoms with Crippen molar-refractivity contribution in [3.05, 3.63) is 53.1 Å². The van der Waals surface area contributed by atoms with Crippen molar-refractivity contribution in [1.82, 2.24) is 0 Å². The number of rotatable bonds is 7. The lowest BCUT2D eigenvalue weighted by atomic mass is 10.1. The minimum Gasteiger partial charge on any atom is -0.481 e. The van der Waals surface area contributed by atoms with Crippen molar-refractivity contribution in [2.45, 2.75) is 37.0 Å². The number of aryl methyl sites for hydroxylation is 3. The highest BCUT2D eigenvalue weighted by atomic mass is 32.2. The first-order valence-corrected chi connectivity index (χ1v) is 10.2. The molecule has 134 valence electrons. The van der Waals surface area contributed by atoms with Gasteiger partial charge in [-0.25, -0.2) is 8.42 Å². The van der Waals surface area contributed by atoms with Gasteiger partial charge in [0.25, 0.3) is 10.0 Å². The monoisotopic (exact) mass is 379 g/mol. The summed E-state index contributed by atoms with van der Waals surface area (Å²) in [5.41, 5.74) is 3.37. The Kier molecular flexibility index (Phi) is 6.13. The van der Waals surface area contributed by atoms with Crippen LogP contribution in [-0.4, -0.2) is 25.2 Å². The van der Waals surface area contributed by atoms with Gasteiger partial charge >= 0.3 is 5.97 Å². The van der Waals surface area contributed by atoms with Crippen molar-refractivity contribution in [1.29, 1.82) is 0 Å². The van der Waals surface area contributed by atoms with Crippen molar-refractivity contribution in [2.75, 3.05) is 10.5 Å². The van der Waals surface area contributed by atoms with E-state index >= 15 is 0 Å². The minimum absolute atomic E-state index is 0.0158. The molecule has 0 atom stereocenters. The van der Waals surface area contributed by atoms with E-state index in [-0.39, 0.29) is 11.3 Å². The third-order valence-electron chi connectivity index (χ3n) is 3.74. The van der Waals surface area contributed by atoms with Crippen molar-refractivity contribution < 1.29 is 18.3 Å². The fourth-order valence-electron chi connectivity index (χ4n) is 2.17. The number of sulfonamides is 1. The SMILES string of the molecule is Cc1ccc(NS(=O)(=O)c2ccc(C)c(C)c2)c(SCCC(=O)O)c1. The van der Waals surface area contributed by atoms with Gasteiger partial charge < -0.3 is 5.11 Å². The first kappa shape index (κ1) is 19.3. The standard InChI is InChI=1S/C18H21NO4S2/c1-12-4-7-16(17(10-12)24-9-8-18(20)21)19-25(22,23)15-6-5-13(2)14(3)11-15/h4-7,10-11,19H,8-9H2,1-3H3,(H,20,21). The number of hydrogen-bond donors (Lipinski definition) is 2. The highest BCUT2D eigenvalue weighted by Gasteiger charge is 2.17. The van der Waals surface area contributed by atoms with Gasteiger partial charge in [0.2, 0.25) is 0 Å².